The van der Waals surface area contributed by atoms with Crippen molar-refractivity contribution in [2.75, 3.05) is 13.2 Å². The van der Waals surface area contributed by atoms with Crippen LogP contribution < -0.4 is 10.1 Å². The Morgan fingerprint density at radius 1 is 1.42 bits per heavy atom. The molecule has 1 amide bonds. The maximum absolute atomic E-state index is 11.7. The predicted molar refractivity (Wildman–Crippen MR) is 75.3 cm³/mol. The molecule has 0 radical (unpaired) electrons. The summed E-state index contributed by atoms with van der Waals surface area (Å²) in [7, 11) is 0. The van der Waals surface area contributed by atoms with Gasteiger partial charge in [-0.25, -0.2) is 0 Å². The minimum absolute atomic E-state index is 0.00617. The van der Waals surface area contributed by atoms with Gasteiger partial charge in [-0.2, -0.15) is 0 Å². The lowest BCUT2D eigenvalue weighted by atomic mass is 10.1. The molecule has 0 spiro atoms. The van der Waals surface area contributed by atoms with Gasteiger partial charge in [0.15, 0.2) is 6.61 Å². The zero-order valence-electron chi connectivity index (χ0n) is 11.9. The van der Waals surface area contributed by atoms with Crippen molar-refractivity contribution in [3.8, 4) is 5.75 Å². The number of rotatable bonds is 7. The standard InChI is InChI=1S/C15H23NO3/c1-4-13(7-8-17)16-15(18)10-19-14-9-11(2)5-6-12(14)3/h5-6,9,13,17H,4,7-8,10H2,1-3H3,(H,16,18). The van der Waals surface area contributed by atoms with E-state index in [4.69, 9.17) is 9.84 Å². The van der Waals surface area contributed by atoms with Crippen LogP contribution in [0.1, 0.15) is 30.9 Å². The van der Waals surface area contributed by atoms with Crippen molar-refractivity contribution in [1.82, 2.24) is 5.32 Å². The first-order chi connectivity index (χ1) is 9.06. The van der Waals surface area contributed by atoms with Crippen molar-refractivity contribution in [3.63, 3.8) is 0 Å². The number of hydrogen-bond acceptors (Lipinski definition) is 3. The Hall–Kier alpha value is -1.55. The van der Waals surface area contributed by atoms with E-state index in [1.807, 2.05) is 39.0 Å². The smallest absolute Gasteiger partial charge is 0.258 e. The molecule has 1 atom stereocenters. The van der Waals surface area contributed by atoms with E-state index in [-0.39, 0.29) is 25.2 Å². The second-order valence-corrected chi connectivity index (χ2v) is 4.74. The Kier molecular flexibility index (Phi) is 6.36. The highest BCUT2D eigenvalue weighted by Crippen LogP contribution is 2.18. The van der Waals surface area contributed by atoms with E-state index in [2.05, 4.69) is 5.32 Å². The van der Waals surface area contributed by atoms with Gasteiger partial charge in [0.1, 0.15) is 5.75 Å². The van der Waals surface area contributed by atoms with E-state index < -0.39 is 0 Å². The number of aliphatic hydroxyl groups is 1. The summed E-state index contributed by atoms with van der Waals surface area (Å²) in [5.74, 6) is 0.589. The molecule has 0 aromatic heterocycles. The van der Waals surface area contributed by atoms with E-state index in [1.54, 1.807) is 0 Å². The van der Waals surface area contributed by atoms with Crippen LogP contribution in [0.3, 0.4) is 0 Å². The van der Waals surface area contributed by atoms with E-state index >= 15 is 0 Å². The van der Waals surface area contributed by atoms with E-state index in [0.717, 1.165) is 23.3 Å². The molecule has 19 heavy (non-hydrogen) atoms. The third-order valence-electron chi connectivity index (χ3n) is 3.04. The second kappa shape index (κ2) is 7.79. The fourth-order valence-electron chi connectivity index (χ4n) is 1.81. The lowest BCUT2D eigenvalue weighted by Crippen LogP contribution is -2.38. The highest BCUT2D eigenvalue weighted by atomic mass is 16.5. The van der Waals surface area contributed by atoms with Gasteiger partial charge in [-0.3, -0.25) is 4.79 Å². The lowest BCUT2D eigenvalue weighted by Gasteiger charge is -2.16. The summed E-state index contributed by atoms with van der Waals surface area (Å²) < 4.78 is 5.53. The average molecular weight is 265 g/mol. The number of ether oxygens (including phenoxy) is 1. The Balaban J connectivity index is 2.47. The number of carbonyl (C=O) groups is 1. The Morgan fingerprint density at radius 2 is 2.16 bits per heavy atom. The molecular weight excluding hydrogens is 242 g/mol. The number of amides is 1. The highest BCUT2D eigenvalue weighted by Gasteiger charge is 2.10. The quantitative estimate of drug-likeness (QED) is 0.792. The molecule has 0 aliphatic rings. The fraction of sp³-hybridized carbons (Fsp3) is 0.533. The molecule has 0 saturated heterocycles. The maximum atomic E-state index is 11.7. The largest absolute Gasteiger partial charge is 0.483 e. The maximum Gasteiger partial charge on any atom is 0.258 e. The molecule has 0 bridgehead atoms. The highest BCUT2D eigenvalue weighted by molar-refractivity contribution is 5.77. The van der Waals surface area contributed by atoms with Crippen molar-refractivity contribution in [3.05, 3.63) is 29.3 Å². The summed E-state index contributed by atoms with van der Waals surface area (Å²) in [6.45, 7) is 6.00. The van der Waals surface area contributed by atoms with Crippen LogP contribution in [0.2, 0.25) is 0 Å². The van der Waals surface area contributed by atoms with Crippen molar-refractivity contribution in [2.24, 2.45) is 0 Å². The van der Waals surface area contributed by atoms with Crippen molar-refractivity contribution < 1.29 is 14.6 Å². The van der Waals surface area contributed by atoms with Crippen LogP contribution in [0.4, 0.5) is 0 Å². The minimum Gasteiger partial charge on any atom is -0.483 e. The van der Waals surface area contributed by atoms with E-state index in [9.17, 15) is 4.79 Å². The lowest BCUT2D eigenvalue weighted by molar-refractivity contribution is -0.123. The topological polar surface area (TPSA) is 58.6 Å². The predicted octanol–water partition coefficient (Wildman–Crippen LogP) is 1.96. The zero-order chi connectivity index (χ0) is 14.3. The van der Waals surface area contributed by atoms with Crippen molar-refractivity contribution >= 4 is 5.91 Å². The number of carbonyl (C=O) groups excluding carboxylic acids is 1. The first kappa shape index (κ1) is 15.5. The van der Waals surface area contributed by atoms with Gasteiger partial charge in [-0.05, 0) is 43.9 Å². The van der Waals surface area contributed by atoms with Gasteiger partial charge < -0.3 is 15.2 Å². The third-order valence-corrected chi connectivity index (χ3v) is 3.04. The van der Waals surface area contributed by atoms with Crippen LogP contribution in [0.5, 0.6) is 5.75 Å². The van der Waals surface area contributed by atoms with Gasteiger partial charge in [0.2, 0.25) is 0 Å². The molecule has 106 valence electrons. The Labute approximate surface area is 114 Å². The number of nitrogens with one attached hydrogen (secondary N) is 1. The molecule has 1 rings (SSSR count). The summed E-state index contributed by atoms with van der Waals surface area (Å²) in [6, 6.07) is 5.92. The van der Waals surface area contributed by atoms with Gasteiger partial charge in [0, 0.05) is 12.6 Å². The monoisotopic (exact) mass is 265 g/mol. The van der Waals surface area contributed by atoms with Gasteiger partial charge in [0.25, 0.3) is 5.91 Å². The molecule has 0 fully saturated rings. The van der Waals surface area contributed by atoms with Crippen LogP contribution in [0.25, 0.3) is 0 Å². The average Bonchev–Trinajstić information content (AvgIpc) is 2.39. The van der Waals surface area contributed by atoms with Gasteiger partial charge in [-0.1, -0.05) is 19.1 Å². The van der Waals surface area contributed by atoms with Crippen LogP contribution in [-0.2, 0) is 4.79 Å². The van der Waals surface area contributed by atoms with E-state index in [0.29, 0.717) is 6.42 Å². The molecule has 1 aromatic rings. The van der Waals surface area contributed by atoms with Gasteiger partial charge >= 0.3 is 0 Å². The molecule has 1 aromatic carbocycles. The second-order valence-electron chi connectivity index (χ2n) is 4.74. The third kappa shape index (κ3) is 5.30. The SMILES string of the molecule is CCC(CCO)NC(=O)COc1cc(C)ccc1C. The molecule has 0 aliphatic carbocycles. The molecule has 2 N–H and O–H groups in total. The fourth-order valence-corrected chi connectivity index (χ4v) is 1.81. The molecule has 0 aliphatic heterocycles. The summed E-state index contributed by atoms with van der Waals surface area (Å²) in [4.78, 5) is 11.7. The van der Waals surface area contributed by atoms with Crippen LogP contribution in [-0.4, -0.2) is 30.3 Å². The Bertz CT molecular complexity index is 418. The molecule has 0 heterocycles. The van der Waals surface area contributed by atoms with Crippen LogP contribution >= 0.6 is 0 Å². The summed E-state index contributed by atoms with van der Waals surface area (Å²) in [6.07, 6.45) is 1.38. The molecule has 0 saturated carbocycles. The van der Waals surface area contributed by atoms with Crippen LogP contribution in [0, 0.1) is 13.8 Å². The summed E-state index contributed by atoms with van der Waals surface area (Å²) in [5.41, 5.74) is 2.12. The minimum atomic E-state index is -0.152. The van der Waals surface area contributed by atoms with Gasteiger partial charge in [0.05, 0.1) is 0 Å². The van der Waals surface area contributed by atoms with Gasteiger partial charge in [-0.15, -0.1) is 0 Å². The summed E-state index contributed by atoms with van der Waals surface area (Å²) in [5, 5.41) is 11.7. The van der Waals surface area contributed by atoms with Crippen molar-refractivity contribution in [2.45, 2.75) is 39.7 Å². The first-order valence-corrected chi connectivity index (χ1v) is 6.67. The first-order valence-electron chi connectivity index (χ1n) is 6.67. The van der Waals surface area contributed by atoms with Crippen LogP contribution in [0.15, 0.2) is 18.2 Å². The molecular formula is C15H23NO3. The normalized spacial score (nSPS) is 12.0. The number of hydrogen-bond donors (Lipinski definition) is 2. The molecule has 4 nitrogen and oxygen atoms in total. The molecule has 4 heteroatoms. The molecule has 1 unspecified atom stereocenters. The van der Waals surface area contributed by atoms with Crippen molar-refractivity contribution in [1.29, 1.82) is 0 Å². The number of aliphatic hydroxyl groups excluding tert-OH is 1. The Morgan fingerprint density at radius 3 is 2.79 bits per heavy atom. The van der Waals surface area contributed by atoms with E-state index in [1.165, 1.54) is 0 Å². The number of benzene rings is 1. The zero-order valence-corrected chi connectivity index (χ0v) is 11.9. The number of aryl methyl sites for hydroxylation is 2. The summed E-state index contributed by atoms with van der Waals surface area (Å²) >= 11 is 0.